The molecule has 0 unspecified atom stereocenters. The summed E-state index contributed by atoms with van der Waals surface area (Å²) < 4.78 is 1.99. The lowest BCUT2D eigenvalue weighted by Crippen LogP contribution is -2.18. The van der Waals surface area contributed by atoms with Crippen molar-refractivity contribution in [1.82, 2.24) is 14.9 Å². The molecule has 2 aromatic rings. The number of hydrogen-bond acceptors (Lipinski definition) is 3. The molecular formula is C13H16ClN3O2. The quantitative estimate of drug-likeness (QED) is 0.797. The second-order valence-corrected chi connectivity index (χ2v) is 4.83. The lowest BCUT2D eigenvalue weighted by Gasteiger charge is -2.04. The number of aromatic nitrogens is 2. The van der Waals surface area contributed by atoms with Gasteiger partial charge in [-0.15, -0.1) is 0 Å². The number of fused-ring (bicyclic) bond motifs is 1. The van der Waals surface area contributed by atoms with Crippen LogP contribution in [-0.2, 0) is 18.4 Å². The molecule has 2 N–H and O–H groups in total. The van der Waals surface area contributed by atoms with Gasteiger partial charge in [0.05, 0.1) is 17.6 Å². The van der Waals surface area contributed by atoms with Gasteiger partial charge < -0.3 is 15.0 Å². The number of aliphatic carboxylic acids is 1. The van der Waals surface area contributed by atoms with Gasteiger partial charge in [-0.25, -0.2) is 4.98 Å². The van der Waals surface area contributed by atoms with Gasteiger partial charge in [0.1, 0.15) is 5.82 Å². The van der Waals surface area contributed by atoms with E-state index in [0.29, 0.717) is 24.5 Å². The Balaban J connectivity index is 1.97. The first-order valence-corrected chi connectivity index (χ1v) is 6.49. The Bertz CT molecular complexity index is 595. The first kappa shape index (κ1) is 13.8. The topological polar surface area (TPSA) is 67.2 Å². The van der Waals surface area contributed by atoms with E-state index in [1.165, 1.54) is 0 Å². The maximum absolute atomic E-state index is 10.4. The molecule has 1 aromatic carbocycles. The maximum atomic E-state index is 10.4. The van der Waals surface area contributed by atoms with Crippen molar-refractivity contribution >= 4 is 28.6 Å². The van der Waals surface area contributed by atoms with E-state index in [4.69, 9.17) is 16.7 Å². The number of halogens is 1. The molecule has 1 aromatic heterocycles. The van der Waals surface area contributed by atoms with Crippen LogP contribution in [0.4, 0.5) is 0 Å². The highest BCUT2D eigenvalue weighted by Gasteiger charge is 2.07. The van der Waals surface area contributed by atoms with E-state index >= 15 is 0 Å². The predicted molar refractivity (Wildman–Crippen MR) is 74.3 cm³/mol. The molecule has 0 saturated heterocycles. The molecule has 19 heavy (non-hydrogen) atoms. The Morgan fingerprint density at radius 1 is 1.53 bits per heavy atom. The maximum Gasteiger partial charge on any atom is 0.303 e. The molecule has 0 amide bonds. The van der Waals surface area contributed by atoms with Crippen LogP contribution in [0.15, 0.2) is 18.2 Å². The van der Waals surface area contributed by atoms with Crippen LogP contribution in [0.5, 0.6) is 0 Å². The van der Waals surface area contributed by atoms with E-state index in [9.17, 15) is 4.79 Å². The molecule has 0 fully saturated rings. The van der Waals surface area contributed by atoms with Crippen molar-refractivity contribution in [1.29, 1.82) is 0 Å². The lowest BCUT2D eigenvalue weighted by atomic mass is 10.3. The van der Waals surface area contributed by atoms with Crippen molar-refractivity contribution in [2.24, 2.45) is 7.05 Å². The Morgan fingerprint density at radius 3 is 3.05 bits per heavy atom. The van der Waals surface area contributed by atoms with Crippen molar-refractivity contribution in [3.63, 3.8) is 0 Å². The summed E-state index contributed by atoms with van der Waals surface area (Å²) in [6, 6.07) is 5.60. The van der Waals surface area contributed by atoms with Crippen LogP contribution in [-0.4, -0.2) is 27.2 Å². The largest absolute Gasteiger partial charge is 0.481 e. The second kappa shape index (κ2) is 6.04. The Labute approximate surface area is 116 Å². The Kier molecular flexibility index (Phi) is 4.39. The van der Waals surface area contributed by atoms with Crippen molar-refractivity contribution in [3.05, 3.63) is 29.0 Å². The molecular weight excluding hydrogens is 266 g/mol. The van der Waals surface area contributed by atoms with Gasteiger partial charge in [0.15, 0.2) is 0 Å². The van der Waals surface area contributed by atoms with E-state index < -0.39 is 5.97 Å². The second-order valence-electron chi connectivity index (χ2n) is 4.39. The molecule has 5 nitrogen and oxygen atoms in total. The third-order valence-electron chi connectivity index (χ3n) is 2.96. The SMILES string of the molecule is Cn1c(CNCCCC(=O)O)nc2ccc(Cl)cc21. The number of nitrogens with zero attached hydrogens (tertiary/aromatic N) is 2. The van der Waals surface area contributed by atoms with E-state index in [2.05, 4.69) is 10.3 Å². The molecule has 102 valence electrons. The molecule has 0 bridgehead atoms. The van der Waals surface area contributed by atoms with Crippen molar-refractivity contribution < 1.29 is 9.90 Å². The Morgan fingerprint density at radius 2 is 2.32 bits per heavy atom. The van der Waals surface area contributed by atoms with Crippen molar-refractivity contribution in [3.8, 4) is 0 Å². The number of imidazole rings is 1. The molecule has 0 aliphatic rings. The molecule has 0 spiro atoms. The number of aryl methyl sites for hydroxylation is 1. The normalized spacial score (nSPS) is 11.1. The lowest BCUT2D eigenvalue weighted by molar-refractivity contribution is -0.137. The standard InChI is InChI=1S/C13H16ClN3O2/c1-17-11-7-9(14)4-5-10(11)16-12(17)8-15-6-2-3-13(18)19/h4-5,7,15H,2-3,6,8H2,1H3,(H,18,19). The van der Waals surface area contributed by atoms with E-state index in [0.717, 1.165) is 16.9 Å². The summed E-state index contributed by atoms with van der Waals surface area (Å²) in [5.41, 5.74) is 1.91. The fourth-order valence-corrected chi connectivity index (χ4v) is 2.10. The van der Waals surface area contributed by atoms with Crippen LogP contribution < -0.4 is 5.32 Å². The highest BCUT2D eigenvalue weighted by Crippen LogP contribution is 2.19. The molecule has 6 heteroatoms. The summed E-state index contributed by atoms with van der Waals surface area (Å²) in [4.78, 5) is 14.9. The monoisotopic (exact) mass is 281 g/mol. The van der Waals surface area contributed by atoms with E-state index in [-0.39, 0.29) is 6.42 Å². The van der Waals surface area contributed by atoms with Gasteiger partial charge in [-0.3, -0.25) is 4.79 Å². The zero-order valence-electron chi connectivity index (χ0n) is 10.7. The van der Waals surface area contributed by atoms with Gasteiger partial charge in [-0.1, -0.05) is 11.6 Å². The summed E-state index contributed by atoms with van der Waals surface area (Å²) in [7, 11) is 1.94. The summed E-state index contributed by atoms with van der Waals surface area (Å²) in [6.45, 7) is 1.28. The van der Waals surface area contributed by atoms with Gasteiger partial charge in [-0.05, 0) is 31.2 Å². The van der Waals surface area contributed by atoms with Crippen LogP contribution >= 0.6 is 11.6 Å². The summed E-state index contributed by atoms with van der Waals surface area (Å²) >= 11 is 5.96. The average molecular weight is 282 g/mol. The van der Waals surface area contributed by atoms with Crippen LogP contribution in [0.1, 0.15) is 18.7 Å². The van der Waals surface area contributed by atoms with Gasteiger partial charge in [0, 0.05) is 18.5 Å². The highest BCUT2D eigenvalue weighted by atomic mass is 35.5. The minimum Gasteiger partial charge on any atom is -0.481 e. The van der Waals surface area contributed by atoms with Crippen LogP contribution in [0, 0.1) is 0 Å². The third-order valence-corrected chi connectivity index (χ3v) is 3.20. The predicted octanol–water partition coefficient (Wildman–Crippen LogP) is 2.18. The number of carboxylic acid groups (broad SMARTS) is 1. The molecule has 0 atom stereocenters. The first-order valence-electron chi connectivity index (χ1n) is 6.11. The fraction of sp³-hybridized carbons (Fsp3) is 0.385. The van der Waals surface area contributed by atoms with Crippen LogP contribution in [0.3, 0.4) is 0 Å². The first-order chi connectivity index (χ1) is 9.08. The summed E-state index contributed by atoms with van der Waals surface area (Å²) in [5, 5.41) is 12.4. The molecule has 0 radical (unpaired) electrons. The minimum absolute atomic E-state index is 0.186. The number of hydrogen-bond donors (Lipinski definition) is 2. The Hall–Kier alpha value is -1.59. The van der Waals surface area contributed by atoms with Crippen LogP contribution in [0.2, 0.25) is 5.02 Å². The zero-order valence-corrected chi connectivity index (χ0v) is 11.4. The summed E-state index contributed by atoms with van der Waals surface area (Å²) in [5.74, 6) is 0.145. The van der Waals surface area contributed by atoms with E-state index in [1.54, 1.807) is 0 Å². The number of nitrogens with one attached hydrogen (secondary N) is 1. The van der Waals surface area contributed by atoms with Crippen molar-refractivity contribution in [2.45, 2.75) is 19.4 Å². The average Bonchev–Trinajstić information content (AvgIpc) is 2.66. The molecule has 0 saturated carbocycles. The minimum atomic E-state index is -0.765. The molecule has 0 aliphatic heterocycles. The summed E-state index contributed by atoms with van der Waals surface area (Å²) in [6.07, 6.45) is 0.802. The van der Waals surface area contributed by atoms with Crippen molar-refractivity contribution in [2.75, 3.05) is 6.54 Å². The molecule has 0 aliphatic carbocycles. The van der Waals surface area contributed by atoms with E-state index in [1.807, 2.05) is 29.8 Å². The van der Waals surface area contributed by atoms with Gasteiger partial charge in [-0.2, -0.15) is 0 Å². The van der Waals surface area contributed by atoms with Crippen LogP contribution in [0.25, 0.3) is 11.0 Å². The van der Waals surface area contributed by atoms with Gasteiger partial charge in [0.2, 0.25) is 0 Å². The third kappa shape index (κ3) is 3.45. The van der Waals surface area contributed by atoms with Gasteiger partial charge >= 0.3 is 5.97 Å². The number of rotatable bonds is 6. The van der Waals surface area contributed by atoms with Gasteiger partial charge in [0.25, 0.3) is 0 Å². The molecule has 2 rings (SSSR count). The molecule has 1 heterocycles. The highest BCUT2D eigenvalue weighted by molar-refractivity contribution is 6.31. The number of carbonyl (C=O) groups is 1. The number of benzene rings is 1. The number of carboxylic acids is 1. The smallest absolute Gasteiger partial charge is 0.303 e. The fourth-order valence-electron chi connectivity index (χ4n) is 1.94. The zero-order chi connectivity index (χ0) is 13.8.